The Kier molecular flexibility index (Phi) is 8.11. The number of hydrogen-bond donors (Lipinski definition) is 0. The van der Waals surface area contributed by atoms with Gasteiger partial charge in [0.15, 0.2) is 0 Å². The zero-order valence-electron chi connectivity index (χ0n) is 20.2. The maximum absolute atomic E-state index is 14.8. The van der Waals surface area contributed by atoms with Crippen LogP contribution >= 0.6 is 0 Å². The third-order valence-corrected chi connectivity index (χ3v) is 6.95. The molecule has 2 aromatic rings. The van der Waals surface area contributed by atoms with E-state index in [4.69, 9.17) is 4.74 Å². The lowest BCUT2D eigenvalue weighted by Gasteiger charge is -2.21. The minimum atomic E-state index is -3.04. The minimum absolute atomic E-state index is 0.00214. The Morgan fingerprint density at radius 2 is 1.91 bits per heavy atom. The molecule has 1 amide bonds. The first-order chi connectivity index (χ1) is 17.0. The Morgan fingerprint density at radius 1 is 1.11 bits per heavy atom. The Bertz CT molecular complexity index is 1080. The zero-order chi connectivity index (χ0) is 24.8. The van der Waals surface area contributed by atoms with Crippen LogP contribution in [-0.4, -0.2) is 42.9 Å². The first-order valence-electron chi connectivity index (χ1n) is 12.5. The molecule has 2 unspecified atom stereocenters. The number of allylic oxidation sites excluding steroid dienone is 1. The second-order valence-electron chi connectivity index (χ2n) is 9.53. The number of halogens is 2. The largest absolute Gasteiger partial charge is 0.377 e. The van der Waals surface area contributed by atoms with Crippen molar-refractivity contribution in [3.05, 3.63) is 71.3 Å². The fraction of sp³-hybridized carbons (Fsp3) is 0.448. The van der Waals surface area contributed by atoms with Gasteiger partial charge in [-0.25, -0.2) is 0 Å². The van der Waals surface area contributed by atoms with Crippen molar-refractivity contribution in [3.8, 4) is 11.1 Å². The normalized spacial score (nSPS) is 20.3. The molecule has 35 heavy (non-hydrogen) atoms. The zero-order valence-corrected chi connectivity index (χ0v) is 20.2. The van der Waals surface area contributed by atoms with Crippen molar-refractivity contribution in [1.29, 1.82) is 0 Å². The van der Waals surface area contributed by atoms with Crippen LogP contribution in [0.5, 0.6) is 0 Å². The number of fused-ring (bicyclic) bond motifs is 3. The number of carbonyl (C=O) groups excluding carboxylic acids is 2. The number of nitrogens with zero attached hydrogens (tertiary/aromatic N) is 1. The monoisotopic (exact) mass is 481 g/mol. The number of unbranched alkanes of at least 4 members (excludes halogenated alkanes) is 3. The standard InChI is InChI=1S/C29H33F2NO3/c1-2-3-4-5-6-9-14-35-20-22-15-23(19-33)32(18-22)28(34)17-21-12-13-27-25(16-21)24-10-7-8-11-26(24)29(27,30)31/h6-13,16,19,22-23H,2-5,14-15,17-18,20H2,1H3/b9-6+. The van der Waals surface area contributed by atoms with Crippen LogP contribution in [0.2, 0.25) is 0 Å². The van der Waals surface area contributed by atoms with E-state index in [0.717, 1.165) is 12.7 Å². The number of likely N-dealkylation sites (tertiary alicyclic amines) is 1. The van der Waals surface area contributed by atoms with Crippen molar-refractivity contribution in [2.45, 2.75) is 57.4 Å². The van der Waals surface area contributed by atoms with Gasteiger partial charge in [-0.3, -0.25) is 4.79 Å². The Morgan fingerprint density at radius 3 is 2.71 bits per heavy atom. The number of benzene rings is 2. The van der Waals surface area contributed by atoms with E-state index in [1.165, 1.54) is 31.4 Å². The van der Waals surface area contributed by atoms with E-state index in [0.29, 0.717) is 42.9 Å². The van der Waals surface area contributed by atoms with Gasteiger partial charge in [-0.15, -0.1) is 0 Å². The van der Waals surface area contributed by atoms with Gasteiger partial charge in [0.25, 0.3) is 5.92 Å². The highest BCUT2D eigenvalue weighted by Gasteiger charge is 2.44. The topological polar surface area (TPSA) is 46.6 Å². The van der Waals surface area contributed by atoms with Crippen molar-refractivity contribution in [1.82, 2.24) is 4.90 Å². The maximum atomic E-state index is 14.8. The number of aldehydes is 1. The molecule has 2 aliphatic rings. The summed E-state index contributed by atoms with van der Waals surface area (Å²) in [5, 5.41) is 0. The molecular formula is C29H33F2NO3. The van der Waals surface area contributed by atoms with Crippen molar-refractivity contribution in [2.75, 3.05) is 19.8 Å². The molecule has 0 N–H and O–H groups in total. The molecule has 6 heteroatoms. The summed E-state index contributed by atoms with van der Waals surface area (Å²) in [4.78, 5) is 26.3. The van der Waals surface area contributed by atoms with E-state index in [2.05, 4.69) is 13.0 Å². The maximum Gasteiger partial charge on any atom is 0.299 e. The van der Waals surface area contributed by atoms with Crippen molar-refractivity contribution >= 4 is 12.2 Å². The SMILES string of the molecule is CCCCC/C=C/COCC1CC(C=O)N(C(=O)Cc2ccc3c(c2)-c2ccccc2C3(F)F)C1. The van der Waals surface area contributed by atoms with Crippen LogP contribution in [-0.2, 0) is 26.7 Å². The number of ether oxygens (including phenoxy) is 1. The molecule has 2 atom stereocenters. The highest BCUT2D eigenvalue weighted by atomic mass is 19.3. The summed E-state index contributed by atoms with van der Waals surface area (Å²) >= 11 is 0. The van der Waals surface area contributed by atoms with Gasteiger partial charge in [-0.1, -0.05) is 74.4 Å². The van der Waals surface area contributed by atoms with Gasteiger partial charge in [-0.05, 0) is 36.0 Å². The predicted molar refractivity (Wildman–Crippen MR) is 132 cm³/mol. The number of carbonyl (C=O) groups is 2. The molecule has 1 aliphatic carbocycles. The average molecular weight is 482 g/mol. The van der Waals surface area contributed by atoms with Gasteiger partial charge in [0.05, 0.1) is 25.7 Å². The molecule has 186 valence electrons. The molecule has 0 saturated carbocycles. The van der Waals surface area contributed by atoms with Crippen LogP contribution in [0.25, 0.3) is 11.1 Å². The first-order valence-corrected chi connectivity index (χ1v) is 12.5. The van der Waals surface area contributed by atoms with Gasteiger partial charge in [0.2, 0.25) is 5.91 Å². The molecule has 0 aromatic heterocycles. The highest BCUT2D eigenvalue weighted by Crippen LogP contribution is 2.51. The lowest BCUT2D eigenvalue weighted by atomic mass is 10.0. The van der Waals surface area contributed by atoms with Gasteiger partial charge >= 0.3 is 0 Å². The first kappa shape index (κ1) is 25.2. The molecule has 0 bridgehead atoms. The molecule has 1 heterocycles. The molecule has 4 nitrogen and oxygen atoms in total. The number of hydrogen-bond acceptors (Lipinski definition) is 3. The minimum Gasteiger partial charge on any atom is -0.377 e. The van der Waals surface area contributed by atoms with Crippen LogP contribution in [0.1, 0.15) is 55.7 Å². The number of alkyl halides is 2. The van der Waals surface area contributed by atoms with E-state index in [1.807, 2.05) is 6.08 Å². The van der Waals surface area contributed by atoms with Crippen molar-refractivity contribution in [3.63, 3.8) is 0 Å². The smallest absolute Gasteiger partial charge is 0.299 e. The highest BCUT2D eigenvalue weighted by molar-refractivity contribution is 5.84. The van der Waals surface area contributed by atoms with Gasteiger partial charge in [0.1, 0.15) is 6.29 Å². The van der Waals surface area contributed by atoms with Crippen molar-refractivity contribution in [2.24, 2.45) is 5.92 Å². The molecule has 1 saturated heterocycles. The van der Waals surface area contributed by atoms with Gasteiger partial charge < -0.3 is 14.4 Å². The van der Waals surface area contributed by atoms with Gasteiger partial charge in [0, 0.05) is 23.6 Å². The van der Waals surface area contributed by atoms with Crippen LogP contribution in [0.15, 0.2) is 54.6 Å². The third-order valence-electron chi connectivity index (χ3n) is 6.95. The second-order valence-corrected chi connectivity index (χ2v) is 9.53. The summed E-state index contributed by atoms with van der Waals surface area (Å²) in [6.07, 6.45) is 10.3. The summed E-state index contributed by atoms with van der Waals surface area (Å²) in [6.45, 7) is 3.68. The lowest BCUT2D eigenvalue weighted by Crippen LogP contribution is -2.37. The van der Waals surface area contributed by atoms with E-state index >= 15 is 0 Å². The summed E-state index contributed by atoms with van der Waals surface area (Å²) in [6, 6.07) is 10.7. The van der Waals surface area contributed by atoms with Gasteiger partial charge in [-0.2, -0.15) is 8.78 Å². The molecule has 0 radical (unpaired) electrons. The molecule has 1 fully saturated rings. The number of amides is 1. The van der Waals surface area contributed by atoms with E-state index in [-0.39, 0.29) is 29.4 Å². The molecular weight excluding hydrogens is 448 g/mol. The van der Waals surface area contributed by atoms with Crippen LogP contribution in [0, 0.1) is 5.92 Å². The van der Waals surface area contributed by atoms with E-state index in [1.54, 1.807) is 35.2 Å². The lowest BCUT2D eigenvalue weighted by molar-refractivity contribution is -0.134. The Labute approximate surface area is 206 Å². The second kappa shape index (κ2) is 11.3. The third kappa shape index (κ3) is 5.53. The number of rotatable bonds is 11. The Balaban J connectivity index is 1.34. The molecule has 2 aromatic carbocycles. The summed E-state index contributed by atoms with van der Waals surface area (Å²) in [5.74, 6) is -3.10. The fourth-order valence-corrected chi connectivity index (χ4v) is 5.11. The molecule has 4 rings (SSSR count). The predicted octanol–water partition coefficient (Wildman–Crippen LogP) is 5.92. The van der Waals surface area contributed by atoms with E-state index in [9.17, 15) is 18.4 Å². The molecule has 0 spiro atoms. The quantitative estimate of drug-likeness (QED) is 0.227. The van der Waals surface area contributed by atoms with Crippen LogP contribution in [0.4, 0.5) is 8.78 Å². The van der Waals surface area contributed by atoms with Crippen LogP contribution < -0.4 is 0 Å². The fourth-order valence-electron chi connectivity index (χ4n) is 5.11. The summed E-state index contributed by atoms with van der Waals surface area (Å²) < 4.78 is 35.4. The summed E-state index contributed by atoms with van der Waals surface area (Å²) in [5.41, 5.74) is 1.61. The Hall–Kier alpha value is -2.86. The molecule has 1 aliphatic heterocycles. The van der Waals surface area contributed by atoms with Crippen LogP contribution in [0.3, 0.4) is 0 Å². The van der Waals surface area contributed by atoms with Crippen molar-refractivity contribution < 1.29 is 23.1 Å². The summed E-state index contributed by atoms with van der Waals surface area (Å²) in [7, 11) is 0. The van der Waals surface area contributed by atoms with E-state index < -0.39 is 12.0 Å². The average Bonchev–Trinajstić information content (AvgIpc) is 3.38.